The molecule has 2 rings (SSSR count). The molecule has 0 atom stereocenters. The molecule has 6 heteroatoms. The molecular weight excluding hydrogens is 218 g/mol. The van der Waals surface area contributed by atoms with E-state index in [2.05, 4.69) is 15.4 Å². The highest BCUT2D eigenvalue weighted by Gasteiger charge is 2.06. The molecule has 0 saturated carbocycles. The van der Waals surface area contributed by atoms with Crippen LogP contribution in [0, 0.1) is 6.92 Å². The van der Waals surface area contributed by atoms with Gasteiger partial charge >= 0.3 is 0 Å². The van der Waals surface area contributed by atoms with Gasteiger partial charge in [0.1, 0.15) is 12.9 Å². The van der Waals surface area contributed by atoms with Crippen molar-refractivity contribution in [3.63, 3.8) is 0 Å². The second-order valence-electron chi connectivity index (χ2n) is 3.66. The van der Waals surface area contributed by atoms with Crippen molar-refractivity contribution >= 4 is 17.5 Å². The molecule has 6 nitrogen and oxygen atoms in total. The molecule has 0 saturated heterocycles. The van der Waals surface area contributed by atoms with E-state index in [1.54, 1.807) is 0 Å². The van der Waals surface area contributed by atoms with Gasteiger partial charge in [0.25, 0.3) is 0 Å². The summed E-state index contributed by atoms with van der Waals surface area (Å²) in [6, 6.07) is 7.57. The lowest BCUT2D eigenvalue weighted by Gasteiger charge is -2.07. The third kappa shape index (κ3) is 2.81. The van der Waals surface area contributed by atoms with E-state index in [4.69, 9.17) is 5.73 Å². The standard InChI is InChI=1S/C11H13N5O/c1-8-4-2-3-5-9(8)14-10(17)6-16-7-13-11(12)15-16/h2-5,7H,6H2,1H3,(H2,12,15)(H,14,17). The second-order valence-corrected chi connectivity index (χ2v) is 3.66. The van der Waals surface area contributed by atoms with Crippen LogP contribution in [0.2, 0.25) is 0 Å². The fourth-order valence-electron chi connectivity index (χ4n) is 1.44. The first-order chi connectivity index (χ1) is 8.15. The summed E-state index contributed by atoms with van der Waals surface area (Å²) in [7, 11) is 0. The lowest BCUT2D eigenvalue weighted by molar-refractivity contribution is -0.116. The first kappa shape index (κ1) is 11.1. The largest absolute Gasteiger partial charge is 0.367 e. The number of nitrogens with zero attached hydrogens (tertiary/aromatic N) is 3. The number of carbonyl (C=O) groups is 1. The lowest BCUT2D eigenvalue weighted by atomic mass is 10.2. The van der Waals surface area contributed by atoms with Crippen LogP contribution in [0.3, 0.4) is 0 Å². The van der Waals surface area contributed by atoms with E-state index in [1.807, 2.05) is 31.2 Å². The number of hydrogen-bond acceptors (Lipinski definition) is 4. The zero-order valence-corrected chi connectivity index (χ0v) is 9.42. The minimum atomic E-state index is -0.163. The van der Waals surface area contributed by atoms with Crippen LogP contribution >= 0.6 is 0 Å². The maximum Gasteiger partial charge on any atom is 0.246 e. The first-order valence-electron chi connectivity index (χ1n) is 5.15. The maximum atomic E-state index is 11.7. The number of amides is 1. The fraction of sp³-hybridized carbons (Fsp3) is 0.182. The molecule has 0 aliphatic heterocycles. The zero-order valence-electron chi connectivity index (χ0n) is 9.42. The minimum absolute atomic E-state index is 0.0958. The Morgan fingerprint density at radius 1 is 1.47 bits per heavy atom. The number of aryl methyl sites for hydroxylation is 1. The van der Waals surface area contributed by atoms with Crippen LogP contribution in [0.25, 0.3) is 0 Å². The first-order valence-corrected chi connectivity index (χ1v) is 5.15. The van der Waals surface area contributed by atoms with E-state index in [1.165, 1.54) is 11.0 Å². The summed E-state index contributed by atoms with van der Waals surface area (Å²) in [6.07, 6.45) is 1.42. The number of benzene rings is 1. The van der Waals surface area contributed by atoms with Gasteiger partial charge in [-0.3, -0.25) is 4.79 Å². The predicted molar refractivity (Wildman–Crippen MR) is 64.2 cm³/mol. The summed E-state index contributed by atoms with van der Waals surface area (Å²) in [5.74, 6) is -0.00195. The second kappa shape index (κ2) is 4.65. The maximum absolute atomic E-state index is 11.7. The molecule has 0 aliphatic carbocycles. The van der Waals surface area contributed by atoms with E-state index in [0.29, 0.717) is 0 Å². The van der Waals surface area contributed by atoms with Gasteiger partial charge < -0.3 is 11.1 Å². The molecule has 0 fully saturated rings. The molecule has 0 aliphatic rings. The third-order valence-corrected chi connectivity index (χ3v) is 2.28. The number of nitrogens with two attached hydrogens (primary N) is 1. The number of carbonyl (C=O) groups excluding carboxylic acids is 1. The molecule has 88 valence electrons. The van der Waals surface area contributed by atoms with Gasteiger partial charge in [-0.05, 0) is 18.6 Å². The van der Waals surface area contributed by atoms with Crippen molar-refractivity contribution < 1.29 is 4.79 Å². The highest BCUT2D eigenvalue weighted by Crippen LogP contribution is 2.12. The summed E-state index contributed by atoms with van der Waals surface area (Å²) in [6.45, 7) is 2.03. The fourth-order valence-corrected chi connectivity index (χ4v) is 1.44. The number of para-hydroxylation sites is 1. The molecule has 0 spiro atoms. The van der Waals surface area contributed by atoms with E-state index in [9.17, 15) is 4.79 Å². The topological polar surface area (TPSA) is 85.8 Å². The van der Waals surface area contributed by atoms with Gasteiger partial charge in [0.2, 0.25) is 11.9 Å². The van der Waals surface area contributed by atoms with Gasteiger partial charge in [0.15, 0.2) is 0 Å². The van der Waals surface area contributed by atoms with Crippen molar-refractivity contribution in [2.45, 2.75) is 13.5 Å². The van der Waals surface area contributed by atoms with Gasteiger partial charge in [0.05, 0.1) is 0 Å². The molecule has 2 aromatic rings. The summed E-state index contributed by atoms with van der Waals surface area (Å²) in [4.78, 5) is 15.4. The van der Waals surface area contributed by atoms with Crippen LogP contribution in [-0.2, 0) is 11.3 Å². The van der Waals surface area contributed by atoms with E-state index < -0.39 is 0 Å². The van der Waals surface area contributed by atoms with Crippen LogP contribution in [0.4, 0.5) is 11.6 Å². The minimum Gasteiger partial charge on any atom is -0.367 e. The molecular formula is C11H13N5O. The van der Waals surface area contributed by atoms with Gasteiger partial charge in [-0.15, -0.1) is 5.10 Å². The highest BCUT2D eigenvalue weighted by atomic mass is 16.2. The van der Waals surface area contributed by atoms with Crippen LogP contribution in [0.1, 0.15) is 5.56 Å². The third-order valence-electron chi connectivity index (χ3n) is 2.28. The quantitative estimate of drug-likeness (QED) is 0.818. The summed E-state index contributed by atoms with van der Waals surface area (Å²) in [5.41, 5.74) is 7.17. The molecule has 1 aromatic heterocycles. The Morgan fingerprint density at radius 3 is 2.88 bits per heavy atom. The van der Waals surface area contributed by atoms with E-state index in [-0.39, 0.29) is 18.4 Å². The smallest absolute Gasteiger partial charge is 0.246 e. The molecule has 3 N–H and O–H groups in total. The Kier molecular flexibility index (Phi) is 3.04. The average molecular weight is 231 g/mol. The van der Waals surface area contributed by atoms with Gasteiger partial charge in [-0.2, -0.15) is 0 Å². The van der Waals surface area contributed by atoms with Crippen molar-refractivity contribution in [1.82, 2.24) is 14.8 Å². The summed E-state index contributed by atoms with van der Waals surface area (Å²) >= 11 is 0. The SMILES string of the molecule is Cc1ccccc1NC(=O)Cn1cnc(N)n1. The Morgan fingerprint density at radius 2 is 2.24 bits per heavy atom. The number of hydrogen-bond donors (Lipinski definition) is 2. The van der Waals surface area contributed by atoms with Gasteiger partial charge in [0, 0.05) is 5.69 Å². The molecule has 17 heavy (non-hydrogen) atoms. The van der Waals surface area contributed by atoms with Crippen LogP contribution < -0.4 is 11.1 Å². The molecule has 0 unspecified atom stereocenters. The molecule has 1 amide bonds. The molecule has 0 radical (unpaired) electrons. The van der Waals surface area contributed by atoms with Crippen molar-refractivity contribution in [3.8, 4) is 0 Å². The average Bonchev–Trinajstić information content (AvgIpc) is 2.67. The highest BCUT2D eigenvalue weighted by molar-refractivity contribution is 5.91. The Bertz CT molecular complexity index is 534. The zero-order chi connectivity index (χ0) is 12.3. The van der Waals surface area contributed by atoms with Crippen molar-refractivity contribution in [2.75, 3.05) is 11.1 Å². The Hall–Kier alpha value is -2.37. The molecule has 0 bridgehead atoms. The van der Waals surface area contributed by atoms with Crippen LogP contribution in [-0.4, -0.2) is 20.7 Å². The summed E-state index contributed by atoms with van der Waals surface area (Å²) < 4.78 is 1.39. The van der Waals surface area contributed by atoms with Crippen molar-refractivity contribution in [3.05, 3.63) is 36.2 Å². The summed E-state index contributed by atoms with van der Waals surface area (Å²) in [5, 5.41) is 6.64. The van der Waals surface area contributed by atoms with Crippen molar-refractivity contribution in [2.24, 2.45) is 0 Å². The normalized spacial score (nSPS) is 10.2. The molecule has 1 aromatic carbocycles. The van der Waals surface area contributed by atoms with Gasteiger partial charge in [-0.25, -0.2) is 9.67 Å². The number of anilines is 2. The molecule has 1 heterocycles. The van der Waals surface area contributed by atoms with Crippen LogP contribution in [0.15, 0.2) is 30.6 Å². The number of nitrogen functional groups attached to an aromatic ring is 1. The van der Waals surface area contributed by atoms with Gasteiger partial charge in [-0.1, -0.05) is 18.2 Å². The number of aromatic nitrogens is 3. The van der Waals surface area contributed by atoms with Crippen molar-refractivity contribution in [1.29, 1.82) is 0 Å². The monoisotopic (exact) mass is 231 g/mol. The number of nitrogens with one attached hydrogen (secondary N) is 1. The Labute approximate surface area is 98.5 Å². The lowest BCUT2D eigenvalue weighted by Crippen LogP contribution is -2.19. The van der Waals surface area contributed by atoms with E-state index >= 15 is 0 Å². The Balaban J connectivity index is 2.01. The van der Waals surface area contributed by atoms with Crippen LogP contribution in [0.5, 0.6) is 0 Å². The number of rotatable bonds is 3. The van der Waals surface area contributed by atoms with E-state index in [0.717, 1.165) is 11.3 Å². The predicted octanol–water partition coefficient (Wildman–Crippen LogP) is 0.807.